The molecule has 12 bridgehead atoms. The van der Waals surface area contributed by atoms with Gasteiger partial charge < -0.3 is 66.3 Å². The Morgan fingerprint density at radius 3 is 1.10 bits per heavy atom. The molecule has 18 rings (SSSR count). The largest absolute Gasteiger partial charge is 0.462 e. The summed E-state index contributed by atoms with van der Waals surface area (Å²) in [5.41, 5.74) is -2.16. The van der Waals surface area contributed by atoms with Crippen LogP contribution in [-0.4, -0.2) is 181 Å². The molecule has 10 saturated heterocycles. The van der Waals surface area contributed by atoms with E-state index in [9.17, 15) is 67.1 Å². The first-order chi connectivity index (χ1) is 53.8. The highest BCUT2D eigenvalue weighted by Gasteiger charge is 2.74. The first-order valence-electron chi connectivity index (χ1n) is 42.6. The van der Waals surface area contributed by atoms with Crippen LogP contribution in [0.4, 0.5) is 0 Å². The van der Waals surface area contributed by atoms with Crippen molar-refractivity contribution in [3.05, 3.63) is 0 Å². The summed E-state index contributed by atoms with van der Waals surface area (Å²) in [6.45, 7) is 33.9. The fourth-order valence-corrected chi connectivity index (χ4v) is 21.5. The minimum Gasteiger partial charge on any atom is -0.462 e. The highest BCUT2D eigenvalue weighted by Crippen LogP contribution is 2.64. The molecule has 728 valence electrons. The molecular formula is C98H168O28. The van der Waals surface area contributed by atoms with Crippen molar-refractivity contribution in [2.75, 3.05) is 0 Å². The number of Topliss-reactive ketones (excluding diaryl/α,β-unsaturated/α-hetero) is 2. The summed E-state index contributed by atoms with van der Waals surface area (Å²) < 4.78 is 77.1. The number of ketones is 2. The van der Waals surface area contributed by atoms with Crippen LogP contribution in [0.5, 0.6) is 0 Å². The summed E-state index contributed by atoms with van der Waals surface area (Å²) in [7, 11) is 0. The third-order valence-electron chi connectivity index (χ3n) is 30.4. The van der Waals surface area contributed by atoms with Gasteiger partial charge in [0, 0.05) is 72.0 Å². The number of hydrogen-bond donors (Lipinski definition) is 0. The topological polar surface area (TPSA) is 368 Å². The quantitative estimate of drug-likeness (QED) is 0.0717. The molecule has 35 atom stereocenters. The normalized spacial score (nSPS) is 37.8. The number of rotatable bonds is 22. The average Bonchev–Trinajstić information content (AvgIpc) is 1.52. The Bertz CT molecular complexity index is 3820. The van der Waals surface area contributed by atoms with E-state index in [-0.39, 0.29) is 328 Å². The zero-order chi connectivity index (χ0) is 82.9. The Labute approximate surface area is 755 Å². The smallest absolute Gasteiger partial charge is 0.316 e. The molecule has 126 heavy (non-hydrogen) atoms. The summed E-state index contributed by atoms with van der Waals surface area (Å²) >= 11 is 0. The van der Waals surface area contributed by atoms with Gasteiger partial charge in [-0.3, -0.25) is 67.1 Å². The number of hydrogen-bond acceptors (Lipinski definition) is 28. The van der Waals surface area contributed by atoms with Crippen molar-refractivity contribution in [3.8, 4) is 0 Å². The van der Waals surface area contributed by atoms with Crippen LogP contribution < -0.4 is 0 Å². The average molecular weight is 1790 g/mol. The monoisotopic (exact) mass is 1790 g/mol. The molecule has 0 aromatic rings. The molecule has 0 aromatic carbocycles. The second-order valence-corrected chi connectivity index (χ2v) is 37.8. The zero-order valence-electron chi connectivity index (χ0n) is 69.4. The number of fused-ring (bicyclic) bond motifs is 6. The van der Waals surface area contributed by atoms with Crippen molar-refractivity contribution in [1.29, 1.82) is 0 Å². The molecule has 0 N–H and O–H groups in total. The first kappa shape index (κ1) is 117. The van der Waals surface area contributed by atoms with Gasteiger partial charge in [-0.05, 0) is 138 Å². The van der Waals surface area contributed by atoms with E-state index in [0.717, 1.165) is 57.8 Å². The molecule has 10 heterocycles. The maximum Gasteiger partial charge on any atom is 0.316 e. The van der Waals surface area contributed by atoms with E-state index in [0.29, 0.717) is 62.7 Å². The molecule has 0 radical (unpaired) electrons. The molecule has 10 aliphatic heterocycles. The van der Waals surface area contributed by atoms with Crippen LogP contribution >= 0.6 is 0 Å². The van der Waals surface area contributed by atoms with E-state index < -0.39 is 52.2 Å². The molecule has 0 aromatic heterocycles. The maximum atomic E-state index is 12.4. The lowest BCUT2D eigenvalue weighted by Gasteiger charge is -2.34. The molecule has 18 fully saturated rings. The van der Waals surface area contributed by atoms with Crippen molar-refractivity contribution < 1.29 is 133 Å². The molecular weight excluding hydrogens is 1630 g/mol. The fourth-order valence-electron chi connectivity index (χ4n) is 21.5. The van der Waals surface area contributed by atoms with E-state index in [1.54, 1.807) is 0 Å². The maximum absolute atomic E-state index is 12.4. The fraction of sp³-hybridized carbons (Fsp3) is 0.857. The van der Waals surface area contributed by atoms with Crippen molar-refractivity contribution in [2.45, 2.75) is 414 Å². The van der Waals surface area contributed by atoms with Crippen LogP contribution in [0.2, 0.25) is 0 Å². The van der Waals surface area contributed by atoms with Crippen LogP contribution in [0, 0.1) is 128 Å². The lowest BCUT2D eigenvalue weighted by Crippen LogP contribution is -2.45. The van der Waals surface area contributed by atoms with Crippen LogP contribution in [-0.2, 0) is 133 Å². The van der Waals surface area contributed by atoms with Crippen LogP contribution in [0.3, 0.4) is 0 Å². The van der Waals surface area contributed by atoms with Gasteiger partial charge in [-0.2, -0.15) is 0 Å². The predicted octanol–water partition coefficient (Wildman–Crippen LogP) is 17.0. The van der Waals surface area contributed by atoms with Gasteiger partial charge in [0.2, 0.25) is 0 Å². The van der Waals surface area contributed by atoms with Gasteiger partial charge in [-0.25, -0.2) is 0 Å². The zero-order valence-corrected chi connectivity index (χ0v) is 69.4. The number of ether oxygens (including phenoxy) is 14. The Morgan fingerprint density at radius 1 is 0.349 bits per heavy atom. The van der Waals surface area contributed by atoms with Gasteiger partial charge in [0.15, 0.2) is 24.4 Å². The van der Waals surface area contributed by atoms with Crippen molar-refractivity contribution >= 4 is 83.2 Å². The SMILES string of the molecule is C.C.C.C.C.C.C.C.C.C.C.C.CCC(=O)C1C2CC3C(OC(=O)C31)C2OC(=O)C(C)(C)CC.CCC(=O)C1C2CC3C(OC(=O)C31)C2OC(=O)C(C)CC.CCC(C)(C)C(=O)OC1C2CC3C(=O)OC1C3O2.CCC(C)(C)C(=O)OC1C2CC3OC(=O)C1(C)C3C2.CCC(C)C(=O)OC1C2CC3C(=O)OC1C3O2.CCC(C)C(=O)OC1C2CC3OC(=O)C1C3C2. The second kappa shape index (κ2) is 44.2. The van der Waals surface area contributed by atoms with Crippen LogP contribution in [0.1, 0.15) is 316 Å². The summed E-state index contributed by atoms with van der Waals surface area (Å²) in [4.78, 5) is 168. The molecule has 35 unspecified atom stereocenters. The van der Waals surface area contributed by atoms with Gasteiger partial charge in [-0.1, -0.05) is 165 Å². The van der Waals surface area contributed by atoms with Gasteiger partial charge in [-0.15, -0.1) is 0 Å². The second-order valence-electron chi connectivity index (χ2n) is 37.8. The molecule has 18 aliphatic rings. The molecule has 0 spiro atoms. The molecule has 8 saturated carbocycles. The highest BCUT2D eigenvalue weighted by atomic mass is 16.7. The van der Waals surface area contributed by atoms with E-state index in [2.05, 4.69) is 0 Å². The van der Waals surface area contributed by atoms with E-state index in [1.807, 2.05) is 125 Å². The Morgan fingerprint density at radius 2 is 0.698 bits per heavy atom. The minimum atomic E-state index is -0.604. The van der Waals surface area contributed by atoms with E-state index >= 15 is 0 Å². The summed E-state index contributed by atoms with van der Waals surface area (Å²) in [6.07, 6.45) is 7.39. The van der Waals surface area contributed by atoms with Gasteiger partial charge in [0.25, 0.3) is 0 Å². The lowest BCUT2D eigenvalue weighted by atomic mass is 9.73. The third-order valence-corrected chi connectivity index (χ3v) is 30.4. The van der Waals surface area contributed by atoms with Crippen LogP contribution in [0.25, 0.3) is 0 Å². The Hall–Kier alpha value is -7.10. The molecule has 0 amide bonds. The van der Waals surface area contributed by atoms with Gasteiger partial charge in [0.05, 0.1) is 69.9 Å². The van der Waals surface area contributed by atoms with E-state index in [1.165, 1.54) is 0 Å². The summed E-state index contributed by atoms with van der Waals surface area (Å²) in [6, 6.07) is 0. The number of carbonyl (C=O) groups excluding carboxylic acids is 14. The predicted molar refractivity (Wildman–Crippen MR) is 475 cm³/mol. The molecule has 28 nitrogen and oxygen atoms in total. The molecule has 28 heteroatoms. The third kappa shape index (κ3) is 20.0. The standard InChI is InChI=1S/C17H24O5.C16H22O5.C15H22O4.C13H18O5.C13H18O4.C12H16O5.12CH4/c1-5-10(18)11-8-7-9-12(11)15(19)21-13(9)14(8)22-16(20)17(3,4)6-2;1-4-7(3)15(18)20-13-8-6-9-12(11(8)10(17)5-2)16(19)21-14(9)13;1-5-14(2,3)12(16)19-11-8-6-9-10(7-8)18-13(17)15(9,11)4;1-4-13(2,3)12(15)18-9-7-5-6-8(16-7)10(9)17-11(6)14;1-3-6(2)12(14)17-11-7-4-8-9(5-7)16-13(15)10(8)11;1-3-5(2)11(13)16-9-7-4-6-8(15-7)10(9)17-12(6)14;;;;;;;;;;;;/h8-9,11-14H,5-7H2,1-4H3;7-9,11-14H,4-6H2,1-3H3;8-11H,5-7H2,1-4H3;6-10H,4-5H2,1-3H3;6-11H,3-5H2,1-2H3;5-10H,3-4H2,1-2H3;12*1H4. The number of carbonyl (C=O) groups is 14. The van der Waals surface area contributed by atoms with Gasteiger partial charge >= 0.3 is 71.6 Å². The minimum absolute atomic E-state index is 0. The van der Waals surface area contributed by atoms with Crippen molar-refractivity contribution in [2.24, 2.45) is 128 Å². The van der Waals surface area contributed by atoms with Crippen LogP contribution in [0.15, 0.2) is 0 Å². The summed E-state index contributed by atoms with van der Waals surface area (Å²) in [5, 5.41) is 0. The van der Waals surface area contributed by atoms with Gasteiger partial charge in [0.1, 0.15) is 83.9 Å². The highest BCUT2D eigenvalue weighted by molar-refractivity contribution is 5.91. The van der Waals surface area contributed by atoms with Crippen molar-refractivity contribution in [1.82, 2.24) is 0 Å². The molecule has 8 aliphatic carbocycles. The summed E-state index contributed by atoms with van der Waals surface area (Å²) in [5.74, 6) is -3.37. The Balaban J connectivity index is 0.000000743. The lowest BCUT2D eigenvalue weighted by molar-refractivity contribution is -0.172. The number of esters is 12. The van der Waals surface area contributed by atoms with Crippen molar-refractivity contribution in [3.63, 3.8) is 0 Å². The van der Waals surface area contributed by atoms with E-state index in [4.69, 9.17) is 66.3 Å². The Kier molecular flexibility index (Phi) is 41.0. The first-order valence-corrected chi connectivity index (χ1v) is 42.6.